The Labute approximate surface area is 193 Å². The van der Waals surface area contributed by atoms with Gasteiger partial charge in [-0.25, -0.2) is 0 Å². The molecule has 0 saturated heterocycles. The van der Waals surface area contributed by atoms with Crippen molar-refractivity contribution in [2.75, 3.05) is 35.5 Å². The van der Waals surface area contributed by atoms with Crippen molar-refractivity contribution in [3.8, 4) is 0 Å². The van der Waals surface area contributed by atoms with Gasteiger partial charge in [0.2, 0.25) is 0 Å². The van der Waals surface area contributed by atoms with E-state index in [0.717, 1.165) is 16.9 Å². The summed E-state index contributed by atoms with van der Waals surface area (Å²) in [6.45, 7) is 0.860. The zero-order valence-electron chi connectivity index (χ0n) is 19.3. The fourth-order valence-corrected chi connectivity index (χ4v) is 9.84. The van der Waals surface area contributed by atoms with Gasteiger partial charge in [-0.3, -0.25) is 0 Å². The summed E-state index contributed by atoms with van der Waals surface area (Å²) in [5, 5.41) is 1.70. The standard InChI is InChI=1S/C24H31NO5Si2/c1-25(22-12-8-6-9-13-22)20-21-16-18-24(19-17-21)32(28-4,29-5)30-31(26-2,27-3)23-14-10-7-11-15-23/h6-19H,20H2,1-5H3/p+1. The van der Waals surface area contributed by atoms with Gasteiger partial charge in [0.15, 0.2) is 0 Å². The van der Waals surface area contributed by atoms with Crippen molar-refractivity contribution < 1.29 is 26.7 Å². The van der Waals surface area contributed by atoms with Gasteiger partial charge < -0.3 is 26.7 Å². The summed E-state index contributed by atoms with van der Waals surface area (Å²) in [6.07, 6.45) is 0. The lowest BCUT2D eigenvalue weighted by Crippen LogP contribution is -3.02. The zero-order chi connectivity index (χ0) is 23.0. The van der Waals surface area contributed by atoms with Crippen LogP contribution in [0.15, 0.2) is 84.9 Å². The van der Waals surface area contributed by atoms with Crippen molar-refractivity contribution in [3.05, 3.63) is 90.5 Å². The summed E-state index contributed by atoms with van der Waals surface area (Å²) in [5.41, 5.74) is 2.45. The van der Waals surface area contributed by atoms with Gasteiger partial charge in [-0.05, 0) is 12.1 Å². The minimum Gasteiger partial charge on any atom is -0.374 e. The van der Waals surface area contributed by atoms with Crippen molar-refractivity contribution in [3.63, 3.8) is 0 Å². The van der Waals surface area contributed by atoms with Gasteiger partial charge >= 0.3 is 17.6 Å². The Morgan fingerprint density at radius 2 is 1.03 bits per heavy atom. The highest BCUT2D eigenvalue weighted by molar-refractivity contribution is 6.88. The van der Waals surface area contributed by atoms with Gasteiger partial charge in [-0.1, -0.05) is 72.8 Å². The van der Waals surface area contributed by atoms with Crippen molar-refractivity contribution >= 4 is 33.7 Å². The third kappa shape index (κ3) is 5.25. The van der Waals surface area contributed by atoms with E-state index in [0.29, 0.717) is 0 Å². The van der Waals surface area contributed by atoms with E-state index in [9.17, 15) is 0 Å². The molecular weight excluding hydrogens is 438 g/mol. The van der Waals surface area contributed by atoms with E-state index < -0.39 is 17.6 Å². The Kier molecular flexibility index (Phi) is 8.52. The minimum atomic E-state index is -3.30. The molecule has 0 radical (unpaired) electrons. The second-order valence-corrected chi connectivity index (χ2v) is 13.2. The number of quaternary nitrogens is 1. The number of hydrogen-bond donors (Lipinski definition) is 1. The fraction of sp³-hybridized carbons (Fsp3) is 0.250. The number of para-hydroxylation sites is 1. The molecule has 170 valence electrons. The molecule has 0 saturated carbocycles. The minimum absolute atomic E-state index is 0.848. The van der Waals surface area contributed by atoms with E-state index in [4.69, 9.17) is 21.8 Å². The third-order valence-corrected chi connectivity index (χ3v) is 11.9. The molecule has 0 aliphatic carbocycles. The van der Waals surface area contributed by atoms with Gasteiger partial charge in [-0.2, -0.15) is 0 Å². The lowest BCUT2D eigenvalue weighted by Gasteiger charge is -2.35. The summed E-state index contributed by atoms with van der Waals surface area (Å²) in [4.78, 5) is 1.31. The van der Waals surface area contributed by atoms with Gasteiger partial charge in [-0.15, -0.1) is 0 Å². The first-order valence-corrected chi connectivity index (χ1v) is 13.9. The normalized spacial score (nSPS) is 13.2. The maximum atomic E-state index is 6.57. The molecule has 3 rings (SSSR count). The third-order valence-electron chi connectivity index (χ3n) is 5.51. The van der Waals surface area contributed by atoms with Crippen LogP contribution in [0.25, 0.3) is 0 Å². The van der Waals surface area contributed by atoms with Crippen LogP contribution in [0.2, 0.25) is 0 Å². The van der Waals surface area contributed by atoms with Gasteiger partial charge in [0.1, 0.15) is 12.2 Å². The molecule has 0 aliphatic rings. The Hall–Kier alpha value is -2.15. The van der Waals surface area contributed by atoms with E-state index in [1.165, 1.54) is 16.2 Å². The molecule has 32 heavy (non-hydrogen) atoms. The Morgan fingerprint density at radius 1 is 0.594 bits per heavy atom. The highest BCUT2D eigenvalue weighted by Gasteiger charge is 2.55. The molecule has 1 unspecified atom stereocenters. The molecule has 3 aromatic rings. The van der Waals surface area contributed by atoms with E-state index in [-0.39, 0.29) is 0 Å². The van der Waals surface area contributed by atoms with Crippen molar-refractivity contribution in [2.24, 2.45) is 0 Å². The van der Waals surface area contributed by atoms with Crippen LogP contribution in [0.3, 0.4) is 0 Å². The molecule has 0 aromatic heterocycles. The maximum absolute atomic E-state index is 6.57. The average molecular weight is 471 g/mol. The summed E-state index contributed by atoms with van der Waals surface area (Å²) in [5.74, 6) is 0. The van der Waals surface area contributed by atoms with Crippen molar-refractivity contribution in [1.82, 2.24) is 0 Å². The smallest absolute Gasteiger partial charge is 0.374 e. The molecule has 0 spiro atoms. The van der Waals surface area contributed by atoms with Crippen LogP contribution in [0.4, 0.5) is 5.69 Å². The molecule has 8 heteroatoms. The number of hydrogen-bond acceptors (Lipinski definition) is 5. The van der Waals surface area contributed by atoms with E-state index in [1.54, 1.807) is 28.4 Å². The van der Waals surface area contributed by atoms with Gasteiger partial charge in [0.05, 0.1) is 7.05 Å². The Balaban J connectivity index is 1.87. The van der Waals surface area contributed by atoms with Crippen LogP contribution in [0.5, 0.6) is 0 Å². The van der Waals surface area contributed by atoms with Gasteiger partial charge in [0.25, 0.3) is 0 Å². The fourth-order valence-electron chi connectivity index (χ4n) is 3.70. The molecule has 3 aromatic carbocycles. The molecule has 1 atom stereocenters. The monoisotopic (exact) mass is 470 g/mol. The summed E-state index contributed by atoms with van der Waals surface area (Å²) < 4.78 is 30.1. The molecule has 0 heterocycles. The lowest BCUT2D eigenvalue weighted by molar-refractivity contribution is -0.825. The molecular formula is C24H32NO5Si2+. The van der Waals surface area contributed by atoms with Crippen molar-refractivity contribution in [2.45, 2.75) is 6.54 Å². The summed E-state index contributed by atoms with van der Waals surface area (Å²) in [7, 11) is 2.00. The molecule has 0 aliphatic heterocycles. The maximum Gasteiger partial charge on any atom is 0.529 e. The molecule has 0 fully saturated rings. The van der Waals surface area contributed by atoms with E-state index in [1.807, 2.05) is 48.5 Å². The highest BCUT2D eigenvalue weighted by Crippen LogP contribution is 2.18. The topological polar surface area (TPSA) is 50.6 Å². The lowest BCUT2D eigenvalue weighted by atomic mass is 10.2. The molecule has 0 amide bonds. The van der Waals surface area contributed by atoms with Gasteiger partial charge in [0, 0.05) is 44.4 Å². The van der Waals surface area contributed by atoms with Crippen LogP contribution >= 0.6 is 0 Å². The second-order valence-electron chi connectivity index (χ2n) is 7.42. The van der Waals surface area contributed by atoms with Crippen LogP contribution < -0.4 is 15.3 Å². The number of benzene rings is 3. The van der Waals surface area contributed by atoms with E-state index in [2.05, 4.69) is 43.4 Å². The zero-order valence-corrected chi connectivity index (χ0v) is 21.3. The number of nitrogens with one attached hydrogen (secondary N) is 1. The second kappa shape index (κ2) is 11.1. The predicted molar refractivity (Wildman–Crippen MR) is 129 cm³/mol. The summed E-state index contributed by atoms with van der Waals surface area (Å²) >= 11 is 0. The van der Waals surface area contributed by atoms with Crippen LogP contribution in [0, 0.1) is 0 Å². The predicted octanol–water partition coefficient (Wildman–Crippen LogP) is 1.63. The largest absolute Gasteiger partial charge is 0.529 e. The van der Waals surface area contributed by atoms with Crippen LogP contribution in [-0.2, 0) is 28.4 Å². The average Bonchev–Trinajstić information content (AvgIpc) is 2.87. The molecule has 6 nitrogen and oxygen atoms in total. The Bertz CT molecular complexity index is 949. The first-order valence-electron chi connectivity index (χ1n) is 10.5. The summed E-state index contributed by atoms with van der Waals surface area (Å²) in [6, 6.07) is 28.3. The quantitative estimate of drug-likeness (QED) is 0.432. The Morgan fingerprint density at radius 3 is 1.50 bits per heavy atom. The van der Waals surface area contributed by atoms with Crippen LogP contribution in [-0.4, -0.2) is 53.1 Å². The number of rotatable bonds is 11. The highest BCUT2D eigenvalue weighted by atomic mass is 28.5. The first kappa shape index (κ1) is 24.5. The molecule has 0 bridgehead atoms. The van der Waals surface area contributed by atoms with E-state index >= 15 is 0 Å². The SMILES string of the molecule is CO[Si](OC)(O[Si](OC)(OC)c1ccc(C[NH+](C)c2ccccc2)cc1)c1ccccc1. The van der Waals surface area contributed by atoms with Crippen LogP contribution in [0.1, 0.15) is 5.56 Å². The first-order chi connectivity index (χ1) is 15.5. The van der Waals surface area contributed by atoms with Crippen molar-refractivity contribution in [1.29, 1.82) is 0 Å². The molecule has 1 N–H and O–H groups in total.